The van der Waals surface area contributed by atoms with E-state index in [2.05, 4.69) is 15.9 Å². The zero-order chi connectivity index (χ0) is 13.1. The fourth-order valence-electron chi connectivity index (χ4n) is 2.16. The summed E-state index contributed by atoms with van der Waals surface area (Å²) in [5.41, 5.74) is 1.82. The van der Waals surface area contributed by atoms with Crippen LogP contribution in [0.3, 0.4) is 0 Å². The third-order valence-corrected chi connectivity index (χ3v) is 4.04. The van der Waals surface area contributed by atoms with E-state index in [0.717, 1.165) is 16.5 Å². The van der Waals surface area contributed by atoms with Crippen molar-refractivity contribution in [2.45, 2.75) is 26.0 Å². The van der Waals surface area contributed by atoms with Crippen molar-refractivity contribution >= 4 is 21.8 Å². The summed E-state index contributed by atoms with van der Waals surface area (Å²) in [6, 6.07) is 7.86. The Morgan fingerprint density at radius 3 is 2.89 bits per heavy atom. The van der Waals surface area contributed by atoms with Crippen molar-refractivity contribution < 1.29 is 9.53 Å². The highest BCUT2D eigenvalue weighted by atomic mass is 79.9. The second-order valence-electron chi connectivity index (χ2n) is 4.73. The monoisotopic (exact) mass is 311 g/mol. The van der Waals surface area contributed by atoms with Crippen molar-refractivity contribution in [3.05, 3.63) is 35.4 Å². The van der Waals surface area contributed by atoms with E-state index in [1.54, 1.807) is 0 Å². The molecule has 1 fully saturated rings. The summed E-state index contributed by atoms with van der Waals surface area (Å²) in [5, 5.41) is 0.761. The second-order valence-corrected chi connectivity index (χ2v) is 5.38. The number of hydrogen-bond donors (Lipinski definition) is 0. The molecule has 1 heterocycles. The standard InChI is InChI=1S/C14H18BrNO2/c1-10-5-3-4-6-13(10)14(17)16-8-12(7-15)18-9-11(16)2/h3-6,11-12H,7-9H2,1-2H3. The molecule has 0 saturated carbocycles. The lowest BCUT2D eigenvalue weighted by Gasteiger charge is -2.37. The summed E-state index contributed by atoms with van der Waals surface area (Å²) in [6.45, 7) is 5.26. The minimum atomic E-state index is 0.0918. The Labute approximate surface area is 116 Å². The van der Waals surface area contributed by atoms with Crippen LogP contribution in [0, 0.1) is 6.92 Å². The Bertz CT molecular complexity index is 436. The molecule has 0 spiro atoms. The number of halogens is 1. The average Bonchev–Trinajstić information content (AvgIpc) is 2.39. The van der Waals surface area contributed by atoms with Crippen molar-refractivity contribution in [3.8, 4) is 0 Å². The molecule has 0 aliphatic carbocycles. The van der Waals surface area contributed by atoms with E-state index < -0.39 is 0 Å². The number of aryl methyl sites for hydroxylation is 1. The van der Waals surface area contributed by atoms with Gasteiger partial charge in [-0.3, -0.25) is 4.79 Å². The number of amides is 1. The molecule has 2 unspecified atom stereocenters. The summed E-state index contributed by atoms with van der Waals surface area (Å²) in [6.07, 6.45) is 0.0918. The van der Waals surface area contributed by atoms with Gasteiger partial charge in [-0.25, -0.2) is 0 Å². The van der Waals surface area contributed by atoms with Gasteiger partial charge in [0.1, 0.15) is 0 Å². The minimum absolute atomic E-state index is 0.0918. The molecule has 1 aromatic carbocycles. The van der Waals surface area contributed by atoms with E-state index in [4.69, 9.17) is 4.74 Å². The first-order valence-electron chi connectivity index (χ1n) is 6.17. The van der Waals surface area contributed by atoms with E-state index in [1.807, 2.05) is 43.0 Å². The first kappa shape index (κ1) is 13.6. The van der Waals surface area contributed by atoms with Gasteiger partial charge in [0.15, 0.2) is 0 Å². The van der Waals surface area contributed by atoms with Crippen molar-refractivity contribution in [3.63, 3.8) is 0 Å². The number of rotatable bonds is 2. The predicted octanol–water partition coefficient (Wildman–Crippen LogP) is 2.62. The lowest BCUT2D eigenvalue weighted by molar-refractivity contribution is -0.0361. The van der Waals surface area contributed by atoms with Crippen LogP contribution in [0.4, 0.5) is 0 Å². The minimum Gasteiger partial charge on any atom is -0.373 e. The quantitative estimate of drug-likeness (QED) is 0.786. The van der Waals surface area contributed by atoms with Gasteiger partial charge in [-0.2, -0.15) is 0 Å². The first-order valence-corrected chi connectivity index (χ1v) is 7.29. The van der Waals surface area contributed by atoms with Crippen LogP contribution in [-0.2, 0) is 4.74 Å². The van der Waals surface area contributed by atoms with Gasteiger partial charge in [-0.05, 0) is 25.5 Å². The zero-order valence-corrected chi connectivity index (χ0v) is 12.3. The average molecular weight is 312 g/mol. The molecule has 18 heavy (non-hydrogen) atoms. The molecule has 1 aliphatic heterocycles. The van der Waals surface area contributed by atoms with Crippen molar-refractivity contribution in [2.24, 2.45) is 0 Å². The maximum Gasteiger partial charge on any atom is 0.254 e. The molecule has 1 aliphatic rings. The Morgan fingerprint density at radius 2 is 2.22 bits per heavy atom. The molecule has 2 rings (SSSR count). The van der Waals surface area contributed by atoms with Crippen LogP contribution in [0.25, 0.3) is 0 Å². The molecule has 0 N–H and O–H groups in total. The largest absolute Gasteiger partial charge is 0.373 e. The third kappa shape index (κ3) is 2.75. The van der Waals surface area contributed by atoms with Gasteiger partial charge in [0.25, 0.3) is 5.91 Å². The van der Waals surface area contributed by atoms with Crippen LogP contribution in [0.15, 0.2) is 24.3 Å². The van der Waals surface area contributed by atoms with Gasteiger partial charge < -0.3 is 9.64 Å². The van der Waals surface area contributed by atoms with Crippen LogP contribution in [0.1, 0.15) is 22.8 Å². The SMILES string of the molecule is Cc1ccccc1C(=O)N1CC(CBr)OCC1C. The van der Waals surface area contributed by atoms with E-state index in [-0.39, 0.29) is 18.1 Å². The number of nitrogens with zero attached hydrogens (tertiary/aromatic N) is 1. The maximum atomic E-state index is 12.5. The molecule has 98 valence electrons. The summed E-state index contributed by atoms with van der Waals surface area (Å²) < 4.78 is 5.65. The highest BCUT2D eigenvalue weighted by molar-refractivity contribution is 9.09. The lowest BCUT2D eigenvalue weighted by atomic mass is 10.1. The van der Waals surface area contributed by atoms with Crippen molar-refractivity contribution in [1.29, 1.82) is 0 Å². The second kappa shape index (κ2) is 5.85. The molecule has 0 aromatic heterocycles. The van der Waals surface area contributed by atoms with Crippen LogP contribution in [0.2, 0.25) is 0 Å². The number of benzene rings is 1. The number of carbonyl (C=O) groups is 1. The zero-order valence-electron chi connectivity index (χ0n) is 10.7. The van der Waals surface area contributed by atoms with Gasteiger partial charge >= 0.3 is 0 Å². The molecule has 4 heteroatoms. The fraction of sp³-hybridized carbons (Fsp3) is 0.500. The molecular formula is C14H18BrNO2. The molecule has 0 bridgehead atoms. The summed E-state index contributed by atoms with van der Waals surface area (Å²) in [4.78, 5) is 14.5. The number of hydrogen-bond acceptors (Lipinski definition) is 2. The molecular weight excluding hydrogens is 294 g/mol. The van der Waals surface area contributed by atoms with Gasteiger partial charge in [0.2, 0.25) is 0 Å². The van der Waals surface area contributed by atoms with Crippen molar-refractivity contribution in [2.75, 3.05) is 18.5 Å². The number of morpholine rings is 1. The topological polar surface area (TPSA) is 29.5 Å². The molecule has 3 nitrogen and oxygen atoms in total. The Balaban J connectivity index is 2.19. The van der Waals surface area contributed by atoms with Crippen LogP contribution in [0.5, 0.6) is 0 Å². The van der Waals surface area contributed by atoms with E-state index in [1.165, 1.54) is 0 Å². The van der Waals surface area contributed by atoms with E-state index >= 15 is 0 Å². The molecule has 1 saturated heterocycles. The van der Waals surface area contributed by atoms with Crippen LogP contribution in [-0.4, -0.2) is 41.4 Å². The van der Waals surface area contributed by atoms with Gasteiger partial charge in [0.05, 0.1) is 18.8 Å². The Kier molecular flexibility index (Phi) is 4.40. The molecule has 2 atom stereocenters. The predicted molar refractivity (Wildman–Crippen MR) is 75.2 cm³/mol. The Hall–Kier alpha value is -0.870. The van der Waals surface area contributed by atoms with Gasteiger partial charge in [-0.1, -0.05) is 34.1 Å². The summed E-state index contributed by atoms with van der Waals surface area (Å²) in [5.74, 6) is 0.106. The summed E-state index contributed by atoms with van der Waals surface area (Å²) >= 11 is 3.42. The van der Waals surface area contributed by atoms with Gasteiger partial charge in [-0.15, -0.1) is 0 Å². The van der Waals surface area contributed by atoms with E-state index in [9.17, 15) is 4.79 Å². The lowest BCUT2D eigenvalue weighted by Crippen LogP contribution is -2.51. The molecule has 1 aromatic rings. The van der Waals surface area contributed by atoms with E-state index in [0.29, 0.717) is 13.2 Å². The molecule has 0 radical (unpaired) electrons. The number of ether oxygens (including phenoxy) is 1. The van der Waals surface area contributed by atoms with Gasteiger partial charge in [0, 0.05) is 17.4 Å². The highest BCUT2D eigenvalue weighted by Gasteiger charge is 2.30. The normalized spacial score (nSPS) is 24.1. The fourth-order valence-corrected chi connectivity index (χ4v) is 2.55. The first-order chi connectivity index (χ1) is 8.63. The van der Waals surface area contributed by atoms with Crippen LogP contribution >= 0.6 is 15.9 Å². The smallest absolute Gasteiger partial charge is 0.254 e. The maximum absolute atomic E-state index is 12.5. The van der Waals surface area contributed by atoms with Crippen LogP contribution < -0.4 is 0 Å². The van der Waals surface area contributed by atoms with Crippen molar-refractivity contribution in [1.82, 2.24) is 4.90 Å². The Morgan fingerprint density at radius 1 is 1.50 bits per heavy atom. The number of alkyl halides is 1. The number of carbonyl (C=O) groups excluding carboxylic acids is 1. The third-order valence-electron chi connectivity index (χ3n) is 3.31. The molecule has 1 amide bonds. The highest BCUT2D eigenvalue weighted by Crippen LogP contribution is 2.18. The summed E-state index contributed by atoms with van der Waals surface area (Å²) in [7, 11) is 0.